The fraction of sp³-hybridized carbons (Fsp3) is 0. The number of carbonyl (C=O) groups is 2. The maximum Gasteiger partial charge on any atom is 1.00 e. The molecule has 2 rings (SSSR count). The van der Waals surface area contributed by atoms with Crippen LogP contribution in [0.1, 0.15) is 20.7 Å². The number of nitrogens with zero attached hydrogens (tertiary/aromatic N) is 2. The third kappa shape index (κ3) is 3.90. The normalized spacial score (nSPS) is 11.3. The molecule has 0 bridgehead atoms. The fourth-order valence-corrected chi connectivity index (χ4v) is 1.24. The van der Waals surface area contributed by atoms with Gasteiger partial charge in [0.05, 0.1) is 0 Å². The first-order valence-electron chi connectivity index (χ1n) is 3.99. The minimum Gasteiger partial charge on any atom is 1.00 e. The summed E-state index contributed by atoms with van der Waals surface area (Å²) in [5, 5.41) is 6.25. The molecule has 0 N–H and O–H groups in total. The zero-order valence-corrected chi connectivity index (χ0v) is 13.3. The summed E-state index contributed by atoms with van der Waals surface area (Å²) in [7, 11) is 8.11. The van der Waals surface area contributed by atoms with Crippen LogP contribution in [0.15, 0.2) is 24.3 Å². The van der Waals surface area contributed by atoms with Gasteiger partial charge in [-0.2, -0.15) is 0 Å². The van der Waals surface area contributed by atoms with Crippen LogP contribution in [0.25, 0.3) is 0 Å². The molecule has 0 fully saturated rings. The van der Waals surface area contributed by atoms with E-state index in [4.69, 9.17) is 21.5 Å². The number of carbonyl (C=O) groups excluding carboxylic acids is 2. The second-order valence-electron chi connectivity index (χ2n) is 2.58. The van der Waals surface area contributed by atoms with Crippen LogP contribution in [-0.2, 0) is 34.4 Å². The van der Waals surface area contributed by atoms with E-state index in [1.165, 1.54) is 0 Å². The number of rotatable bonds is 0. The van der Waals surface area contributed by atoms with Crippen molar-refractivity contribution in [2.75, 3.05) is 0 Å². The van der Waals surface area contributed by atoms with Gasteiger partial charge in [0.2, 0.25) is 11.8 Å². The van der Waals surface area contributed by atoms with Gasteiger partial charge in [0.15, 0.2) is 0 Å². The van der Waals surface area contributed by atoms with Gasteiger partial charge in [-0.05, 0) is 12.1 Å². The second-order valence-corrected chi connectivity index (χ2v) is 2.58. The number of halogens is 1. The van der Waals surface area contributed by atoms with Gasteiger partial charge in [0, 0.05) is 11.1 Å². The van der Waals surface area contributed by atoms with Crippen molar-refractivity contribution >= 4 is 21.5 Å². The summed E-state index contributed by atoms with van der Waals surface area (Å²) in [4.78, 5) is 23.4. The third-order valence-electron chi connectivity index (χ3n) is 1.88. The summed E-state index contributed by atoms with van der Waals surface area (Å²) < 4.78 is 0. The Bertz CT molecular complexity index is 391. The van der Waals surface area contributed by atoms with Crippen molar-refractivity contribution in [2.24, 2.45) is 0 Å². The van der Waals surface area contributed by atoms with Crippen molar-refractivity contribution < 1.29 is 44.0 Å². The molecule has 1 aliphatic rings. The molecule has 88 valence electrons. The minimum atomic E-state index is -0.324. The maximum absolute atomic E-state index is 11.2. The molecule has 1 aliphatic heterocycles. The Morgan fingerprint density at radius 2 is 1.41 bits per heavy atom. The van der Waals surface area contributed by atoms with Crippen LogP contribution in [-0.4, -0.2) is 16.7 Å². The SMILES string of the molecule is [C-]#N.[CH2-]N1C(=O)c2ccccc2C1=O.[Cl][Zn+].[Cu+]. The molecular formula is C10H6ClCuN2O2Zn. The predicted octanol–water partition coefficient (Wildman–Crippen LogP) is 1.86. The van der Waals surface area contributed by atoms with E-state index < -0.39 is 0 Å². The van der Waals surface area contributed by atoms with E-state index in [0.717, 1.165) is 22.2 Å². The van der Waals surface area contributed by atoms with Crippen LogP contribution in [0.5, 0.6) is 0 Å². The molecule has 0 unspecified atom stereocenters. The van der Waals surface area contributed by atoms with E-state index in [1.807, 2.05) is 0 Å². The first-order valence-corrected chi connectivity index (χ1v) is 7.89. The molecule has 0 saturated heterocycles. The molecule has 7 heteroatoms. The van der Waals surface area contributed by atoms with E-state index in [1.54, 1.807) is 24.3 Å². The summed E-state index contributed by atoms with van der Waals surface area (Å²) in [6.45, 7) is 4.75. The Morgan fingerprint density at radius 1 is 1.12 bits per heavy atom. The number of hydrogen-bond acceptors (Lipinski definition) is 3. The van der Waals surface area contributed by atoms with Gasteiger partial charge in [-0.25, -0.2) is 7.05 Å². The topological polar surface area (TPSA) is 61.2 Å². The summed E-state index contributed by atoms with van der Waals surface area (Å²) in [5.74, 6) is -0.647. The number of hydrogen-bond donors (Lipinski definition) is 0. The van der Waals surface area contributed by atoms with Gasteiger partial charge in [0.25, 0.3) is 0 Å². The number of fused-ring (bicyclic) bond motifs is 1. The Hall–Kier alpha value is -0.717. The molecule has 0 aromatic heterocycles. The molecule has 0 saturated carbocycles. The van der Waals surface area contributed by atoms with Gasteiger partial charge >= 0.3 is 44.1 Å². The molecule has 0 aliphatic carbocycles. The van der Waals surface area contributed by atoms with Crippen LogP contribution in [0, 0.1) is 18.9 Å². The number of benzene rings is 1. The average Bonchev–Trinajstić information content (AvgIpc) is 2.60. The smallest absolute Gasteiger partial charge is 1.00 e. The van der Waals surface area contributed by atoms with E-state index >= 15 is 0 Å². The second kappa shape index (κ2) is 9.33. The molecule has 0 atom stereocenters. The van der Waals surface area contributed by atoms with Gasteiger partial charge in [-0.15, -0.1) is 0 Å². The number of imide groups is 1. The van der Waals surface area contributed by atoms with Crippen LogP contribution in [0.4, 0.5) is 0 Å². The predicted molar refractivity (Wildman–Crippen MR) is 53.1 cm³/mol. The first kappa shape index (κ1) is 18.6. The molecule has 17 heavy (non-hydrogen) atoms. The van der Waals surface area contributed by atoms with Crippen LogP contribution in [0.3, 0.4) is 0 Å². The Balaban J connectivity index is 0. The minimum absolute atomic E-state index is 0. The van der Waals surface area contributed by atoms with Crippen molar-refractivity contribution in [2.45, 2.75) is 0 Å². The Kier molecular flexibility index (Phi) is 10.2. The molecule has 1 aromatic rings. The number of amides is 2. The van der Waals surface area contributed by atoms with Crippen molar-refractivity contribution in [3.63, 3.8) is 0 Å². The molecular weight excluding hydrogens is 345 g/mol. The quantitative estimate of drug-likeness (QED) is 0.408. The zero-order chi connectivity index (χ0) is 12.7. The first-order chi connectivity index (χ1) is 7.72. The molecule has 2 amide bonds. The Morgan fingerprint density at radius 3 is 1.71 bits per heavy atom. The van der Waals surface area contributed by atoms with E-state index in [2.05, 4.69) is 7.05 Å². The standard InChI is InChI=1S/C9H6NO2.CN.ClH.Cu.Zn/c1-10-8(11)6-4-2-3-5-7(6)9(10)12;1-2;;;/h2-5H,1H2;;1H;;/q2*-1;;+1;+2/p-1. The zero-order valence-electron chi connectivity index (χ0n) is 8.61. The van der Waals surface area contributed by atoms with E-state index in [0.29, 0.717) is 11.1 Å². The molecule has 1 heterocycles. The van der Waals surface area contributed by atoms with Gasteiger partial charge < -0.3 is 16.7 Å². The molecule has 0 spiro atoms. The van der Waals surface area contributed by atoms with Crippen LogP contribution in [0.2, 0.25) is 0 Å². The molecule has 4 nitrogen and oxygen atoms in total. The maximum atomic E-state index is 11.2. The summed E-state index contributed by atoms with van der Waals surface area (Å²) in [6.07, 6.45) is 0. The molecule has 1 aromatic carbocycles. The Labute approximate surface area is 124 Å². The monoisotopic (exact) mass is 348 g/mol. The van der Waals surface area contributed by atoms with Crippen molar-refractivity contribution in [3.05, 3.63) is 49.0 Å². The van der Waals surface area contributed by atoms with Gasteiger partial charge in [-0.3, -0.25) is 9.59 Å². The summed E-state index contributed by atoms with van der Waals surface area (Å²) in [6, 6.07) is 6.70. The van der Waals surface area contributed by atoms with E-state index in [9.17, 15) is 9.59 Å². The average molecular weight is 351 g/mol. The van der Waals surface area contributed by atoms with E-state index in [-0.39, 0.29) is 28.9 Å². The van der Waals surface area contributed by atoms with Crippen LogP contribution >= 0.6 is 9.69 Å². The summed E-state index contributed by atoms with van der Waals surface area (Å²) >= 11 is 0.847. The van der Waals surface area contributed by atoms with Crippen LogP contribution < -0.4 is 0 Å². The van der Waals surface area contributed by atoms with Crippen molar-refractivity contribution in [3.8, 4) is 0 Å². The summed E-state index contributed by atoms with van der Waals surface area (Å²) in [5.41, 5.74) is 0.884. The molecule has 0 radical (unpaired) electrons. The third-order valence-corrected chi connectivity index (χ3v) is 1.88. The largest absolute Gasteiger partial charge is 1.00 e. The van der Waals surface area contributed by atoms with Gasteiger partial charge in [0.1, 0.15) is 0 Å². The van der Waals surface area contributed by atoms with Gasteiger partial charge in [-0.1, -0.05) is 12.1 Å². The van der Waals surface area contributed by atoms with Crippen molar-refractivity contribution in [1.29, 1.82) is 5.26 Å². The fourth-order valence-electron chi connectivity index (χ4n) is 1.24. The van der Waals surface area contributed by atoms with Crippen molar-refractivity contribution in [1.82, 2.24) is 4.90 Å².